The summed E-state index contributed by atoms with van der Waals surface area (Å²) >= 11 is 0. The van der Waals surface area contributed by atoms with Crippen molar-refractivity contribution in [3.05, 3.63) is 175 Å². The third-order valence-electron chi connectivity index (χ3n) is 12.8. The highest BCUT2D eigenvalue weighted by atomic mass is 16.3. The maximum absolute atomic E-state index is 6.46. The van der Waals surface area contributed by atoms with Crippen LogP contribution in [0.3, 0.4) is 0 Å². The van der Waals surface area contributed by atoms with E-state index < -0.39 is 0 Å². The highest BCUT2D eigenvalue weighted by Gasteiger charge is 2.40. The van der Waals surface area contributed by atoms with Crippen LogP contribution >= 0.6 is 0 Å². The molecule has 0 saturated heterocycles. The number of hydrogen-bond acceptors (Lipinski definition) is 3. The van der Waals surface area contributed by atoms with Crippen LogP contribution < -0.4 is 0 Å². The molecule has 3 heterocycles. The Balaban J connectivity index is 1.21. The molecule has 0 fully saturated rings. The number of hydrogen-bond donors (Lipinski definition) is 0. The first-order chi connectivity index (χ1) is 28.0. The maximum atomic E-state index is 6.46. The molecule has 0 saturated carbocycles. The molecule has 9 aromatic carbocycles. The standard InChI is InChI=1S/C53H33N3O/c1-53(2)41-21-11-9-20-40(41)51-49(53)50(31-23-25-37-36-18-10-12-22-44(36)57-45(37)29-31)54-52(55-51)56-42-27-24-30-13-3-4-14-32(30)47(42)48-43(56)28-26-39-35-17-6-5-15-33(35)34-16-7-8-19-38(34)46(39)48/h3-29H,1-2H3. The number of aromatic nitrogens is 3. The number of benzene rings is 9. The molecule has 1 aliphatic carbocycles. The normalized spacial score (nSPS) is 13.6. The summed E-state index contributed by atoms with van der Waals surface area (Å²) in [7, 11) is 0. The monoisotopic (exact) mass is 727 g/mol. The number of furan rings is 1. The molecule has 0 unspecified atom stereocenters. The van der Waals surface area contributed by atoms with Gasteiger partial charge in [0, 0.05) is 49.0 Å². The van der Waals surface area contributed by atoms with E-state index in [-0.39, 0.29) is 5.41 Å². The second kappa shape index (κ2) is 10.9. The van der Waals surface area contributed by atoms with E-state index in [1.54, 1.807) is 0 Å². The second-order valence-electron chi connectivity index (χ2n) is 16.1. The molecule has 0 bridgehead atoms. The Kier molecular flexibility index (Phi) is 5.94. The topological polar surface area (TPSA) is 43.9 Å². The van der Waals surface area contributed by atoms with Gasteiger partial charge in [-0.1, -0.05) is 147 Å². The van der Waals surface area contributed by atoms with E-state index in [0.717, 1.165) is 61.1 Å². The number of fused-ring (bicyclic) bond motifs is 18. The molecular formula is C53H33N3O. The Bertz CT molecular complexity index is 3700. The Morgan fingerprint density at radius 3 is 1.86 bits per heavy atom. The van der Waals surface area contributed by atoms with Crippen molar-refractivity contribution in [2.24, 2.45) is 0 Å². The van der Waals surface area contributed by atoms with Crippen molar-refractivity contribution in [2.45, 2.75) is 19.3 Å². The van der Waals surface area contributed by atoms with Gasteiger partial charge in [-0.05, 0) is 73.6 Å². The molecule has 4 nitrogen and oxygen atoms in total. The fraction of sp³-hybridized carbons (Fsp3) is 0.0566. The Labute approximate surface area is 327 Å². The van der Waals surface area contributed by atoms with Crippen LogP contribution in [-0.4, -0.2) is 14.5 Å². The van der Waals surface area contributed by atoms with Crippen molar-refractivity contribution < 1.29 is 4.42 Å². The Morgan fingerprint density at radius 1 is 0.456 bits per heavy atom. The molecule has 0 spiro atoms. The Hall–Kier alpha value is -7.30. The second-order valence-corrected chi connectivity index (χ2v) is 16.1. The molecule has 4 heteroatoms. The van der Waals surface area contributed by atoms with Crippen LogP contribution in [0.1, 0.15) is 25.0 Å². The first-order valence-electron chi connectivity index (χ1n) is 19.7. The van der Waals surface area contributed by atoms with Gasteiger partial charge in [-0.2, -0.15) is 0 Å². The number of para-hydroxylation sites is 1. The van der Waals surface area contributed by atoms with E-state index in [1.165, 1.54) is 59.4 Å². The summed E-state index contributed by atoms with van der Waals surface area (Å²) < 4.78 is 8.78. The highest BCUT2D eigenvalue weighted by Crippen LogP contribution is 2.52. The van der Waals surface area contributed by atoms with Crippen molar-refractivity contribution in [1.82, 2.24) is 14.5 Å². The molecule has 266 valence electrons. The van der Waals surface area contributed by atoms with E-state index in [2.05, 4.69) is 170 Å². The first kappa shape index (κ1) is 31.0. The first-order valence-corrected chi connectivity index (χ1v) is 19.7. The van der Waals surface area contributed by atoms with Gasteiger partial charge in [-0.3, -0.25) is 4.57 Å². The molecular weight excluding hydrogens is 695 g/mol. The summed E-state index contributed by atoms with van der Waals surface area (Å²) in [5.74, 6) is 0.653. The minimum absolute atomic E-state index is 0.324. The van der Waals surface area contributed by atoms with Crippen LogP contribution in [0.5, 0.6) is 0 Å². The van der Waals surface area contributed by atoms with E-state index in [1.807, 2.05) is 12.1 Å². The third-order valence-corrected chi connectivity index (χ3v) is 12.8. The molecule has 1 aliphatic rings. The fourth-order valence-electron chi connectivity index (χ4n) is 10.3. The molecule has 12 aromatic rings. The van der Waals surface area contributed by atoms with Gasteiger partial charge >= 0.3 is 0 Å². The van der Waals surface area contributed by atoms with Crippen LogP contribution in [0.4, 0.5) is 0 Å². The third kappa shape index (κ3) is 4.01. The molecule has 0 amide bonds. The SMILES string of the molecule is CC1(C)c2ccccc2-c2nc(-n3c4ccc5ccccc5c4c4c5c6ccccc6c6ccccc6c5ccc43)nc(-c3ccc4c(c3)oc3ccccc34)c21. The average molecular weight is 728 g/mol. The predicted molar refractivity (Wildman–Crippen MR) is 237 cm³/mol. The van der Waals surface area contributed by atoms with Crippen LogP contribution in [0.2, 0.25) is 0 Å². The van der Waals surface area contributed by atoms with Crippen LogP contribution in [0, 0.1) is 0 Å². The highest BCUT2D eigenvalue weighted by molar-refractivity contribution is 6.37. The smallest absolute Gasteiger partial charge is 0.235 e. The molecule has 13 rings (SSSR count). The zero-order chi connectivity index (χ0) is 37.6. The van der Waals surface area contributed by atoms with E-state index in [0.29, 0.717) is 5.95 Å². The summed E-state index contributed by atoms with van der Waals surface area (Å²) in [4.78, 5) is 11.3. The molecule has 0 aliphatic heterocycles. The van der Waals surface area contributed by atoms with Gasteiger partial charge in [0.05, 0.1) is 22.4 Å². The average Bonchev–Trinajstić information content (AvgIpc) is 3.88. The molecule has 57 heavy (non-hydrogen) atoms. The molecule has 0 atom stereocenters. The lowest BCUT2D eigenvalue weighted by Crippen LogP contribution is -2.18. The Morgan fingerprint density at radius 2 is 1.04 bits per heavy atom. The van der Waals surface area contributed by atoms with Gasteiger partial charge in [0.25, 0.3) is 0 Å². The van der Waals surface area contributed by atoms with Crippen LogP contribution in [0.25, 0.3) is 115 Å². The molecule has 3 aromatic heterocycles. The van der Waals surface area contributed by atoms with Gasteiger partial charge in [0.15, 0.2) is 0 Å². The van der Waals surface area contributed by atoms with Crippen LogP contribution in [-0.2, 0) is 5.41 Å². The maximum Gasteiger partial charge on any atom is 0.235 e. The number of rotatable bonds is 2. The summed E-state index contributed by atoms with van der Waals surface area (Å²) in [5.41, 5.74) is 10.0. The lowest BCUT2D eigenvalue weighted by atomic mass is 9.81. The van der Waals surface area contributed by atoms with E-state index in [9.17, 15) is 0 Å². The zero-order valence-electron chi connectivity index (χ0n) is 31.3. The zero-order valence-corrected chi connectivity index (χ0v) is 31.3. The van der Waals surface area contributed by atoms with Gasteiger partial charge in [0.2, 0.25) is 5.95 Å². The summed E-state index contributed by atoms with van der Waals surface area (Å²) in [5, 5.41) is 14.6. The van der Waals surface area contributed by atoms with Gasteiger partial charge < -0.3 is 4.42 Å². The van der Waals surface area contributed by atoms with Crippen LogP contribution in [0.15, 0.2) is 168 Å². The quantitative estimate of drug-likeness (QED) is 0.167. The van der Waals surface area contributed by atoms with Crippen molar-refractivity contribution in [1.29, 1.82) is 0 Å². The van der Waals surface area contributed by atoms with E-state index in [4.69, 9.17) is 14.4 Å². The summed E-state index contributed by atoms with van der Waals surface area (Å²) in [6.45, 7) is 4.61. The lowest BCUT2D eigenvalue weighted by Gasteiger charge is -2.24. The van der Waals surface area contributed by atoms with Crippen molar-refractivity contribution >= 4 is 86.8 Å². The minimum atomic E-state index is -0.324. The molecule has 0 radical (unpaired) electrons. The summed E-state index contributed by atoms with van der Waals surface area (Å²) in [6.07, 6.45) is 0. The van der Waals surface area contributed by atoms with Crippen molar-refractivity contribution in [2.75, 3.05) is 0 Å². The fourth-order valence-corrected chi connectivity index (χ4v) is 10.3. The van der Waals surface area contributed by atoms with Gasteiger partial charge in [0.1, 0.15) is 11.2 Å². The predicted octanol–water partition coefficient (Wildman–Crippen LogP) is 14.1. The van der Waals surface area contributed by atoms with Gasteiger partial charge in [-0.25, -0.2) is 9.97 Å². The minimum Gasteiger partial charge on any atom is -0.456 e. The largest absolute Gasteiger partial charge is 0.456 e. The van der Waals surface area contributed by atoms with Crippen molar-refractivity contribution in [3.63, 3.8) is 0 Å². The van der Waals surface area contributed by atoms with E-state index >= 15 is 0 Å². The lowest BCUT2D eigenvalue weighted by molar-refractivity contribution is 0.656. The summed E-state index contributed by atoms with van der Waals surface area (Å²) in [6, 6.07) is 59.1. The number of nitrogens with zero attached hydrogens (tertiary/aromatic N) is 3. The van der Waals surface area contributed by atoms with Crippen molar-refractivity contribution in [3.8, 4) is 28.5 Å². The van der Waals surface area contributed by atoms with Gasteiger partial charge in [-0.15, -0.1) is 0 Å². The molecule has 0 N–H and O–H groups in total.